The van der Waals surface area contributed by atoms with Gasteiger partial charge in [0.05, 0.1) is 5.75 Å². The van der Waals surface area contributed by atoms with E-state index in [0.717, 1.165) is 45.2 Å². The smallest absolute Gasteiger partial charge is 0.214 e. The number of unbranched alkanes of at least 4 members (excludes halogenated alkanes) is 2. The van der Waals surface area contributed by atoms with Gasteiger partial charge in [-0.05, 0) is 38.3 Å². The first kappa shape index (κ1) is 14.9. The normalized spacial score (nSPS) is 21.9. The summed E-state index contributed by atoms with van der Waals surface area (Å²) in [5.41, 5.74) is 0. The second-order valence-corrected chi connectivity index (χ2v) is 7.14. The Labute approximate surface area is 106 Å². The van der Waals surface area contributed by atoms with Gasteiger partial charge in [-0.2, -0.15) is 0 Å². The molecule has 0 aromatic rings. The molecule has 1 atom stereocenters. The molecule has 4 nitrogen and oxygen atoms in total. The maximum absolute atomic E-state index is 12.1. The molecule has 0 amide bonds. The molecule has 0 radical (unpaired) electrons. The van der Waals surface area contributed by atoms with Crippen LogP contribution in [-0.2, 0) is 10.0 Å². The Hall–Kier alpha value is -0.130. The third kappa shape index (κ3) is 5.36. The second-order valence-electron chi connectivity index (χ2n) is 5.02. The van der Waals surface area contributed by atoms with Crippen LogP contribution in [-0.4, -0.2) is 45.2 Å². The van der Waals surface area contributed by atoms with E-state index in [1.807, 2.05) is 0 Å². The zero-order chi connectivity index (χ0) is 12.7. The summed E-state index contributed by atoms with van der Waals surface area (Å²) in [4.78, 5) is 0. The molecular weight excluding hydrogens is 236 g/mol. The van der Waals surface area contributed by atoms with Crippen LogP contribution >= 0.6 is 0 Å². The quantitative estimate of drug-likeness (QED) is 0.706. The number of rotatable bonds is 7. The fourth-order valence-corrected chi connectivity index (χ4v) is 3.76. The molecule has 1 N–H and O–H groups in total. The van der Waals surface area contributed by atoms with Gasteiger partial charge < -0.3 is 5.32 Å². The summed E-state index contributed by atoms with van der Waals surface area (Å²) in [5, 5.41) is 3.27. The number of hydrogen-bond donors (Lipinski definition) is 1. The van der Waals surface area contributed by atoms with Crippen LogP contribution in [0.15, 0.2) is 0 Å². The standard InChI is InChI=1S/C12H26N2O2S/c1-3-4-5-9-14(2)17(15,16)11-12-7-6-8-13-10-12/h12-13H,3-11H2,1-2H3. The molecule has 1 aliphatic heterocycles. The molecule has 5 heteroatoms. The monoisotopic (exact) mass is 262 g/mol. The summed E-state index contributed by atoms with van der Waals surface area (Å²) >= 11 is 0. The highest BCUT2D eigenvalue weighted by molar-refractivity contribution is 7.89. The summed E-state index contributed by atoms with van der Waals surface area (Å²) in [7, 11) is -1.34. The molecule has 1 aliphatic rings. The number of sulfonamides is 1. The molecule has 1 rings (SSSR count). The first-order valence-corrected chi connectivity index (χ1v) is 8.32. The van der Waals surface area contributed by atoms with E-state index in [-0.39, 0.29) is 0 Å². The topological polar surface area (TPSA) is 49.4 Å². The molecule has 0 aromatic heterocycles. The van der Waals surface area contributed by atoms with Crippen molar-refractivity contribution in [1.82, 2.24) is 9.62 Å². The van der Waals surface area contributed by atoms with E-state index in [4.69, 9.17) is 0 Å². The predicted molar refractivity (Wildman–Crippen MR) is 71.5 cm³/mol. The van der Waals surface area contributed by atoms with E-state index in [0.29, 0.717) is 18.2 Å². The Bertz CT molecular complexity index is 298. The van der Waals surface area contributed by atoms with Gasteiger partial charge in [0.1, 0.15) is 0 Å². The van der Waals surface area contributed by atoms with Gasteiger partial charge in [0, 0.05) is 13.6 Å². The molecule has 0 bridgehead atoms. The van der Waals surface area contributed by atoms with Crippen molar-refractivity contribution in [2.24, 2.45) is 5.92 Å². The number of piperidine rings is 1. The van der Waals surface area contributed by atoms with Gasteiger partial charge in [-0.1, -0.05) is 19.8 Å². The van der Waals surface area contributed by atoms with E-state index in [1.165, 1.54) is 4.31 Å². The zero-order valence-corrected chi connectivity index (χ0v) is 11.9. The summed E-state index contributed by atoms with van der Waals surface area (Å²) in [6, 6.07) is 0. The highest BCUT2D eigenvalue weighted by atomic mass is 32.2. The van der Waals surface area contributed by atoms with Crippen LogP contribution in [0.4, 0.5) is 0 Å². The first-order chi connectivity index (χ1) is 8.06. The lowest BCUT2D eigenvalue weighted by Crippen LogP contribution is -2.38. The first-order valence-electron chi connectivity index (χ1n) is 6.71. The Kier molecular flexibility index (Phi) is 6.44. The fraction of sp³-hybridized carbons (Fsp3) is 1.00. The maximum Gasteiger partial charge on any atom is 0.214 e. The largest absolute Gasteiger partial charge is 0.316 e. The van der Waals surface area contributed by atoms with Crippen molar-refractivity contribution in [3.63, 3.8) is 0 Å². The highest BCUT2D eigenvalue weighted by Crippen LogP contribution is 2.14. The van der Waals surface area contributed by atoms with Crippen LogP contribution in [0.3, 0.4) is 0 Å². The van der Waals surface area contributed by atoms with Crippen molar-refractivity contribution >= 4 is 10.0 Å². The lowest BCUT2D eigenvalue weighted by molar-refractivity contribution is 0.390. The maximum atomic E-state index is 12.1. The van der Waals surface area contributed by atoms with Crippen LogP contribution in [0.25, 0.3) is 0 Å². The number of nitrogens with zero attached hydrogens (tertiary/aromatic N) is 1. The molecule has 0 saturated carbocycles. The predicted octanol–water partition coefficient (Wildman–Crippen LogP) is 1.44. The van der Waals surface area contributed by atoms with Crippen LogP contribution in [0.2, 0.25) is 0 Å². The summed E-state index contributed by atoms with van der Waals surface area (Å²) in [6.45, 7) is 4.67. The summed E-state index contributed by atoms with van der Waals surface area (Å²) in [6.07, 6.45) is 5.33. The van der Waals surface area contributed by atoms with Crippen molar-refractivity contribution < 1.29 is 8.42 Å². The van der Waals surface area contributed by atoms with Gasteiger partial charge in [-0.3, -0.25) is 0 Å². The van der Waals surface area contributed by atoms with Crippen molar-refractivity contribution in [2.45, 2.75) is 39.0 Å². The van der Waals surface area contributed by atoms with E-state index < -0.39 is 10.0 Å². The average Bonchev–Trinajstić information content (AvgIpc) is 2.30. The fourth-order valence-electron chi connectivity index (χ4n) is 2.21. The third-order valence-electron chi connectivity index (χ3n) is 3.40. The minimum absolute atomic E-state index is 0.294. The summed E-state index contributed by atoms with van der Waals surface area (Å²) < 4.78 is 25.7. The lowest BCUT2D eigenvalue weighted by Gasteiger charge is -2.25. The van der Waals surface area contributed by atoms with Crippen molar-refractivity contribution in [2.75, 3.05) is 32.4 Å². The van der Waals surface area contributed by atoms with Crippen molar-refractivity contribution in [3.05, 3.63) is 0 Å². The van der Waals surface area contributed by atoms with Gasteiger partial charge in [0.2, 0.25) is 10.0 Å². The summed E-state index contributed by atoms with van der Waals surface area (Å²) in [5.74, 6) is 0.602. The van der Waals surface area contributed by atoms with Gasteiger partial charge in [-0.15, -0.1) is 0 Å². The van der Waals surface area contributed by atoms with Crippen LogP contribution < -0.4 is 5.32 Å². The lowest BCUT2D eigenvalue weighted by atomic mass is 10.0. The van der Waals surface area contributed by atoms with Crippen molar-refractivity contribution in [1.29, 1.82) is 0 Å². The van der Waals surface area contributed by atoms with Crippen LogP contribution in [0.1, 0.15) is 39.0 Å². The Morgan fingerprint density at radius 2 is 2.12 bits per heavy atom. The Balaban J connectivity index is 2.37. The molecule has 0 aromatic carbocycles. The van der Waals surface area contributed by atoms with E-state index in [2.05, 4.69) is 12.2 Å². The number of hydrogen-bond acceptors (Lipinski definition) is 3. The van der Waals surface area contributed by atoms with Crippen LogP contribution in [0, 0.1) is 5.92 Å². The van der Waals surface area contributed by atoms with Gasteiger partial charge in [0.25, 0.3) is 0 Å². The molecule has 17 heavy (non-hydrogen) atoms. The highest BCUT2D eigenvalue weighted by Gasteiger charge is 2.24. The minimum atomic E-state index is -3.05. The van der Waals surface area contributed by atoms with Crippen LogP contribution in [0.5, 0.6) is 0 Å². The minimum Gasteiger partial charge on any atom is -0.316 e. The van der Waals surface area contributed by atoms with Gasteiger partial charge in [0.15, 0.2) is 0 Å². The Morgan fingerprint density at radius 3 is 2.71 bits per heavy atom. The van der Waals surface area contributed by atoms with E-state index >= 15 is 0 Å². The Morgan fingerprint density at radius 1 is 1.35 bits per heavy atom. The third-order valence-corrected chi connectivity index (χ3v) is 5.42. The molecule has 1 unspecified atom stereocenters. The van der Waals surface area contributed by atoms with Gasteiger partial charge in [-0.25, -0.2) is 12.7 Å². The molecule has 1 fully saturated rings. The van der Waals surface area contributed by atoms with E-state index in [9.17, 15) is 8.42 Å². The van der Waals surface area contributed by atoms with Crippen molar-refractivity contribution in [3.8, 4) is 0 Å². The molecule has 0 spiro atoms. The zero-order valence-electron chi connectivity index (χ0n) is 11.1. The molecule has 1 heterocycles. The average molecular weight is 262 g/mol. The molecular formula is C12H26N2O2S. The number of nitrogens with one attached hydrogen (secondary N) is 1. The van der Waals surface area contributed by atoms with Gasteiger partial charge >= 0.3 is 0 Å². The molecule has 0 aliphatic carbocycles. The SMILES string of the molecule is CCCCCN(C)S(=O)(=O)CC1CCCNC1. The molecule has 1 saturated heterocycles. The van der Waals surface area contributed by atoms with E-state index in [1.54, 1.807) is 7.05 Å². The molecule has 102 valence electrons. The second kappa shape index (κ2) is 7.34.